The van der Waals surface area contributed by atoms with Crippen molar-refractivity contribution in [3.8, 4) is 0 Å². The Labute approximate surface area is 150 Å². The van der Waals surface area contributed by atoms with Gasteiger partial charge in [0.05, 0.1) is 23.8 Å². The minimum absolute atomic E-state index is 0.0646. The number of anilines is 1. The largest absolute Gasteiger partial charge is 0.465 e. The summed E-state index contributed by atoms with van der Waals surface area (Å²) in [6.45, 7) is 0.584. The van der Waals surface area contributed by atoms with Gasteiger partial charge in [0, 0.05) is 11.3 Å². The number of furan rings is 1. The first kappa shape index (κ1) is 15.9. The van der Waals surface area contributed by atoms with Crippen LogP contribution in [0.4, 0.5) is 5.69 Å². The number of ketones is 1. The maximum atomic E-state index is 12.2. The number of allylic oxidation sites excluding steroid dienone is 1. The van der Waals surface area contributed by atoms with Crippen LogP contribution in [0.5, 0.6) is 0 Å². The van der Waals surface area contributed by atoms with Gasteiger partial charge in [0.25, 0.3) is 0 Å². The van der Waals surface area contributed by atoms with Gasteiger partial charge in [-0.05, 0) is 60.7 Å². The Kier molecular flexibility index (Phi) is 4.35. The highest BCUT2D eigenvalue weighted by Crippen LogP contribution is 2.14. The minimum Gasteiger partial charge on any atom is -0.465 e. The Balaban J connectivity index is 1.38. The number of H-pyrrole nitrogens is 1. The smallest absolute Gasteiger partial charge is 0.185 e. The predicted molar refractivity (Wildman–Crippen MR) is 102 cm³/mol. The monoisotopic (exact) mass is 343 g/mol. The molecule has 0 fully saturated rings. The molecule has 0 aliphatic carbocycles. The summed E-state index contributed by atoms with van der Waals surface area (Å²) < 4.78 is 5.18. The molecule has 128 valence electrons. The zero-order chi connectivity index (χ0) is 17.8. The summed E-state index contributed by atoms with van der Waals surface area (Å²) in [4.78, 5) is 20.0. The molecule has 0 aliphatic heterocycles. The Morgan fingerprint density at radius 1 is 1.08 bits per heavy atom. The average molecular weight is 343 g/mol. The van der Waals surface area contributed by atoms with Crippen molar-refractivity contribution in [2.24, 2.45) is 0 Å². The fourth-order valence-corrected chi connectivity index (χ4v) is 2.67. The second-order valence-corrected chi connectivity index (χ2v) is 5.84. The molecule has 2 heterocycles. The van der Waals surface area contributed by atoms with E-state index >= 15 is 0 Å². The second-order valence-electron chi connectivity index (χ2n) is 5.84. The molecule has 0 unspecified atom stereocenters. The molecule has 0 radical (unpaired) electrons. The zero-order valence-electron chi connectivity index (χ0n) is 14.0. The lowest BCUT2D eigenvalue weighted by atomic mass is 10.1. The number of aromatic nitrogens is 2. The number of fused-ring (bicyclic) bond motifs is 1. The number of aromatic amines is 1. The number of nitrogens with zero attached hydrogens (tertiary/aromatic N) is 1. The Morgan fingerprint density at radius 3 is 2.69 bits per heavy atom. The molecule has 0 amide bonds. The van der Waals surface area contributed by atoms with Crippen molar-refractivity contribution >= 4 is 28.6 Å². The molecule has 2 aromatic carbocycles. The van der Waals surface area contributed by atoms with Crippen LogP contribution in [0.25, 0.3) is 17.1 Å². The molecule has 0 spiro atoms. The lowest BCUT2D eigenvalue weighted by Crippen LogP contribution is -2.01. The molecule has 0 aliphatic rings. The number of carbonyl (C=O) groups is 1. The number of nitrogens with one attached hydrogen (secondary N) is 2. The van der Waals surface area contributed by atoms with Crippen LogP contribution in [0.3, 0.4) is 0 Å². The lowest BCUT2D eigenvalue weighted by molar-refractivity contribution is 0.104. The van der Waals surface area contributed by atoms with Crippen molar-refractivity contribution in [1.29, 1.82) is 0 Å². The summed E-state index contributed by atoms with van der Waals surface area (Å²) in [5.74, 6) is 1.46. The molecular formula is C21H17N3O2. The molecule has 4 rings (SSSR count). The van der Waals surface area contributed by atoms with Crippen LogP contribution < -0.4 is 5.32 Å². The van der Waals surface area contributed by atoms with Gasteiger partial charge in [-0.15, -0.1) is 0 Å². The van der Waals surface area contributed by atoms with Gasteiger partial charge in [-0.3, -0.25) is 4.79 Å². The molecule has 0 atom stereocenters. The van der Waals surface area contributed by atoms with Crippen LogP contribution >= 0.6 is 0 Å². The third-order valence-electron chi connectivity index (χ3n) is 4.01. The topological polar surface area (TPSA) is 70.9 Å². The summed E-state index contributed by atoms with van der Waals surface area (Å²) in [6, 6.07) is 18.9. The van der Waals surface area contributed by atoms with Crippen molar-refractivity contribution in [2.45, 2.75) is 6.54 Å². The molecule has 4 aromatic rings. The number of imidazole rings is 1. The third-order valence-corrected chi connectivity index (χ3v) is 4.01. The maximum Gasteiger partial charge on any atom is 0.185 e. The lowest BCUT2D eigenvalue weighted by Gasteiger charge is -2.05. The molecule has 0 bridgehead atoms. The van der Waals surface area contributed by atoms with E-state index in [0.717, 1.165) is 22.5 Å². The van der Waals surface area contributed by atoms with E-state index in [-0.39, 0.29) is 5.78 Å². The summed E-state index contributed by atoms with van der Waals surface area (Å²) in [6.07, 6.45) is 4.75. The quantitative estimate of drug-likeness (QED) is 0.394. The summed E-state index contributed by atoms with van der Waals surface area (Å²) >= 11 is 0. The van der Waals surface area contributed by atoms with E-state index in [0.29, 0.717) is 17.9 Å². The van der Waals surface area contributed by atoms with E-state index in [1.54, 1.807) is 36.6 Å². The summed E-state index contributed by atoms with van der Waals surface area (Å²) in [7, 11) is 0. The van der Waals surface area contributed by atoms with Gasteiger partial charge >= 0.3 is 0 Å². The third kappa shape index (κ3) is 3.57. The van der Waals surface area contributed by atoms with Crippen molar-refractivity contribution in [2.75, 3.05) is 5.32 Å². The maximum absolute atomic E-state index is 12.2. The molecule has 5 nitrogen and oxygen atoms in total. The van der Waals surface area contributed by atoms with Crippen LogP contribution in [0.15, 0.2) is 77.4 Å². The average Bonchev–Trinajstić information content (AvgIpc) is 3.34. The highest BCUT2D eigenvalue weighted by atomic mass is 16.3. The number of carbonyl (C=O) groups excluding carboxylic acids is 1. The van der Waals surface area contributed by atoms with Gasteiger partial charge in [-0.25, -0.2) is 4.98 Å². The van der Waals surface area contributed by atoms with E-state index < -0.39 is 0 Å². The SMILES string of the molecule is O=C(/C=C\c1ccco1)c1ccc(NCc2nc3ccccc3[nH]2)cc1. The van der Waals surface area contributed by atoms with Crippen LogP contribution in [0.1, 0.15) is 21.9 Å². The van der Waals surface area contributed by atoms with Crippen molar-refractivity contribution in [1.82, 2.24) is 9.97 Å². The van der Waals surface area contributed by atoms with Gasteiger partial charge in [-0.2, -0.15) is 0 Å². The fraction of sp³-hybridized carbons (Fsp3) is 0.0476. The van der Waals surface area contributed by atoms with Gasteiger partial charge in [0.15, 0.2) is 5.78 Å². The van der Waals surface area contributed by atoms with Crippen molar-refractivity contribution in [3.05, 3.63) is 90.2 Å². The van der Waals surface area contributed by atoms with Crippen LogP contribution in [0.2, 0.25) is 0 Å². The number of hydrogen-bond acceptors (Lipinski definition) is 4. The van der Waals surface area contributed by atoms with Gasteiger partial charge < -0.3 is 14.7 Å². The summed E-state index contributed by atoms with van der Waals surface area (Å²) in [5.41, 5.74) is 3.53. The number of hydrogen-bond donors (Lipinski definition) is 2. The highest BCUT2D eigenvalue weighted by molar-refractivity contribution is 6.06. The molecule has 0 saturated carbocycles. The van der Waals surface area contributed by atoms with Gasteiger partial charge in [-0.1, -0.05) is 12.1 Å². The van der Waals surface area contributed by atoms with E-state index in [1.165, 1.54) is 6.08 Å². The standard InChI is InChI=1S/C21H17N3O2/c25-20(12-11-17-4-3-13-26-17)15-7-9-16(10-8-15)22-14-21-23-18-5-1-2-6-19(18)24-21/h1-13,22H,14H2,(H,23,24)/b12-11-. The van der Waals surface area contributed by atoms with Crippen LogP contribution in [-0.4, -0.2) is 15.8 Å². The van der Waals surface area contributed by atoms with Crippen LogP contribution in [0, 0.1) is 0 Å². The normalized spacial score (nSPS) is 11.2. The number of para-hydroxylation sites is 2. The van der Waals surface area contributed by atoms with E-state index in [4.69, 9.17) is 4.42 Å². The highest BCUT2D eigenvalue weighted by Gasteiger charge is 2.04. The molecule has 5 heteroatoms. The first-order chi connectivity index (χ1) is 12.8. The summed E-state index contributed by atoms with van der Waals surface area (Å²) in [5, 5.41) is 3.30. The first-order valence-corrected chi connectivity index (χ1v) is 8.31. The predicted octanol–water partition coefficient (Wildman–Crippen LogP) is 4.66. The second kappa shape index (κ2) is 7.11. The zero-order valence-corrected chi connectivity index (χ0v) is 14.0. The van der Waals surface area contributed by atoms with Crippen molar-refractivity contribution in [3.63, 3.8) is 0 Å². The Hall–Kier alpha value is -3.60. The number of rotatable bonds is 6. The van der Waals surface area contributed by atoms with Crippen LogP contribution in [-0.2, 0) is 6.54 Å². The first-order valence-electron chi connectivity index (χ1n) is 8.31. The van der Waals surface area contributed by atoms with E-state index in [2.05, 4.69) is 15.3 Å². The molecule has 2 N–H and O–H groups in total. The van der Waals surface area contributed by atoms with E-state index in [1.807, 2.05) is 36.4 Å². The van der Waals surface area contributed by atoms with Gasteiger partial charge in [0.2, 0.25) is 0 Å². The molecular weight excluding hydrogens is 326 g/mol. The number of benzene rings is 2. The molecule has 26 heavy (non-hydrogen) atoms. The molecule has 2 aromatic heterocycles. The minimum atomic E-state index is -0.0646. The van der Waals surface area contributed by atoms with Gasteiger partial charge in [0.1, 0.15) is 11.6 Å². The molecule has 0 saturated heterocycles. The Morgan fingerprint density at radius 2 is 1.92 bits per heavy atom. The van der Waals surface area contributed by atoms with Crippen molar-refractivity contribution < 1.29 is 9.21 Å². The fourth-order valence-electron chi connectivity index (χ4n) is 2.67. The Bertz CT molecular complexity index is 1010. The van der Waals surface area contributed by atoms with E-state index in [9.17, 15) is 4.79 Å².